The van der Waals surface area contributed by atoms with Crippen molar-refractivity contribution < 1.29 is 23.1 Å². The predicted octanol–water partition coefficient (Wildman–Crippen LogP) is 3.53. The fourth-order valence-corrected chi connectivity index (χ4v) is 2.85. The summed E-state index contributed by atoms with van der Waals surface area (Å²) >= 11 is 1.72. The lowest BCUT2D eigenvalue weighted by atomic mass is 10.1. The second kappa shape index (κ2) is 4.34. The fourth-order valence-electron chi connectivity index (χ4n) is 2.13. The number of rotatable bonds is 2. The molecule has 0 saturated heterocycles. The fraction of sp³-hybridized carbons (Fsp3) is 0.333. The molecule has 2 aromatic heterocycles. The molecule has 0 atom stereocenters. The number of carboxylic acids is 1. The number of aromatic nitrogens is 2. The highest BCUT2D eigenvalue weighted by molar-refractivity contribution is 14.1. The van der Waals surface area contributed by atoms with Crippen LogP contribution >= 0.6 is 22.6 Å². The number of carbonyl (C=O) groups is 1. The van der Waals surface area contributed by atoms with Gasteiger partial charge in [-0.1, -0.05) is 0 Å². The molecule has 4 nitrogen and oxygen atoms in total. The summed E-state index contributed by atoms with van der Waals surface area (Å²) in [7, 11) is 0. The van der Waals surface area contributed by atoms with Gasteiger partial charge in [-0.3, -0.25) is 0 Å². The molecule has 1 saturated carbocycles. The zero-order chi connectivity index (χ0) is 14.7. The Bertz CT molecular complexity index is 720. The second-order valence-electron chi connectivity index (χ2n) is 4.71. The molecule has 1 aliphatic carbocycles. The van der Waals surface area contributed by atoms with Crippen molar-refractivity contribution in [2.24, 2.45) is 0 Å². The molecule has 8 heteroatoms. The van der Waals surface area contributed by atoms with Gasteiger partial charge in [0, 0.05) is 0 Å². The Balaban J connectivity index is 2.34. The minimum atomic E-state index is -4.58. The third kappa shape index (κ3) is 2.15. The van der Waals surface area contributed by atoms with Crippen LogP contribution in [0.25, 0.3) is 5.52 Å². The lowest BCUT2D eigenvalue weighted by Crippen LogP contribution is -2.13. The molecule has 0 aromatic carbocycles. The van der Waals surface area contributed by atoms with Gasteiger partial charge in [-0.05, 0) is 59.0 Å². The zero-order valence-electron chi connectivity index (χ0n) is 9.91. The van der Waals surface area contributed by atoms with Crippen LogP contribution in [0, 0.1) is 3.57 Å². The van der Waals surface area contributed by atoms with Gasteiger partial charge in [-0.15, -0.1) is 0 Å². The highest BCUT2D eigenvalue weighted by Crippen LogP contribution is 2.43. The summed E-state index contributed by atoms with van der Waals surface area (Å²) in [5, 5.41) is 12.6. The molecule has 0 radical (unpaired) electrons. The van der Waals surface area contributed by atoms with E-state index in [0.29, 0.717) is 10.1 Å². The Morgan fingerprint density at radius 3 is 2.55 bits per heavy atom. The standard InChI is InChI=1S/C12H8F3IN2O2/c13-12(14,15)8-4-6(5-1-2-5)3-7-9(16)10(11(19)20)17-18(7)8/h3-5H,1-2H2,(H,19,20). The van der Waals surface area contributed by atoms with Crippen molar-refractivity contribution in [3.8, 4) is 0 Å². The van der Waals surface area contributed by atoms with Gasteiger partial charge in [0.2, 0.25) is 0 Å². The lowest BCUT2D eigenvalue weighted by Gasteiger charge is -2.11. The number of fused-ring (bicyclic) bond motifs is 1. The number of hydrogen-bond acceptors (Lipinski definition) is 2. The molecule has 0 unspecified atom stereocenters. The Kier molecular flexibility index (Phi) is 2.96. The molecule has 20 heavy (non-hydrogen) atoms. The molecule has 2 aromatic rings. The number of nitrogens with zero attached hydrogens (tertiary/aromatic N) is 2. The Labute approximate surface area is 124 Å². The van der Waals surface area contributed by atoms with Crippen LogP contribution in [0.3, 0.4) is 0 Å². The minimum absolute atomic E-state index is 0.139. The summed E-state index contributed by atoms with van der Waals surface area (Å²) in [6.07, 6.45) is -2.85. The Hall–Kier alpha value is -1.32. The Morgan fingerprint density at radius 2 is 2.05 bits per heavy atom. The molecule has 3 rings (SSSR count). The summed E-state index contributed by atoms with van der Waals surface area (Å²) in [4.78, 5) is 11.0. The summed E-state index contributed by atoms with van der Waals surface area (Å²) in [5.74, 6) is -1.20. The quantitative estimate of drug-likeness (QED) is 0.791. The number of aromatic carboxylic acids is 1. The topological polar surface area (TPSA) is 54.6 Å². The molecular formula is C12H8F3IN2O2. The molecule has 0 bridgehead atoms. The van der Waals surface area contributed by atoms with Crippen LogP contribution in [0.1, 0.15) is 40.5 Å². The summed E-state index contributed by atoms with van der Waals surface area (Å²) < 4.78 is 40.2. The molecular weight excluding hydrogens is 388 g/mol. The van der Waals surface area contributed by atoms with E-state index in [4.69, 9.17) is 5.11 Å². The SMILES string of the molecule is O=C(O)c1nn2c(C(F)(F)F)cc(C3CC3)cc2c1I. The largest absolute Gasteiger partial charge is 0.476 e. The molecule has 0 spiro atoms. The van der Waals surface area contributed by atoms with E-state index < -0.39 is 17.8 Å². The third-order valence-corrected chi connectivity index (χ3v) is 4.30. The van der Waals surface area contributed by atoms with E-state index in [1.54, 1.807) is 28.7 Å². The van der Waals surface area contributed by atoms with Gasteiger partial charge in [0.1, 0.15) is 5.69 Å². The van der Waals surface area contributed by atoms with E-state index >= 15 is 0 Å². The van der Waals surface area contributed by atoms with Crippen molar-refractivity contribution in [2.75, 3.05) is 0 Å². The first-order valence-electron chi connectivity index (χ1n) is 5.81. The van der Waals surface area contributed by atoms with Crippen LogP contribution in [-0.4, -0.2) is 20.7 Å². The lowest BCUT2D eigenvalue weighted by molar-refractivity contribution is -0.142. The van der Waals surface area contributed by atoms with Crippen LogP contribution in [0.5, 0.6) is 0 Å². The van der Waals surface area contributed by atoms with Crippen molar-refractivity contribution in [3.05, 3.63) is 32.7 Å². The highest BCUT2D eigenvalue weighted by Gasteiger charge is 2.37. The summed E-state index contributed by atoms with van der Waals surface area (Å²) in [5.41, 5.74) is -0.495. The molecule has 0 aliphatic heterocycles. The number of hydrogen-bond donors (Lipinski definition) is 1. The average molecular weight is 396 g/mol. The van der Waals surface area contributed by atoms with E-state index in [1.165, 1.54) is 0 Å². The first-order chi connectivity index (χ1) is 9.29. The van der Waals surface area contributed by atoms with Gasteiger partial charge in [-0.25, -0.2) is 9.31 Å². The molecule has 2 heterocycles. The van der Waals surface area contributed by atoms with Crippen molar-refractivity contribution in [3.63, 3.8) is 0 Å². The predicted molar refractivity (Wildman–Crippen MR) is 71.8 cm³/mol. The van der Waals surface area contributed by atoms with Gasteiger partial charge in [0.15, 0.2) is 5.69 Å². The molecule has 106 valence electrons. The summed E-state index contributed by atoms with van der Waals surface area (Å²) in [6.45, 7) is 0. The number of alkyl halides is 3. The van der Waals surface area contributed by atoms with E-state index in [0.717, 1.165) is 18.9 Å². The van der Waals surface area contributed by atoms with Crippen LogP contribution in [-0.2, 0) is 6.18 Å². The Morgan fingerprint density at radius 1 is 1.40 bits per heavy atom. The number of carboxylic acid groups (broad SMARTS) is 1. The summed E-state index contributed by atoms with van der Waals surface area (Å²) in [6, 6.07) is 2.67. The monoisotopic (exact) mass is 396 g/mol. The van der Waals surface area contributed by atoms with E-state index in [9.17, 15) is 18.0 Å². The maximum Gasteiger partial charge on any atom is 0.433 e. The average Bonchev–Trinajstić information content (AvgIpc) is 3.12. The van der Waals surface area contributed by atoms with Gasteiger partial charge < -0.3 is 5.11 Å². The van der Waals surface area contributed by atoms with Crippen LogP contribution in [0.2, 0.25) is 0 Å². The van der Waals surface area contributed by atoms with Gasteiger partial charge in [0.25, 0.3) is 0 Å². The van der Waals surface area contributed by atoms with Crippen LogP contribution in [0.4, 0.5) is 13.2 Å². The van der Waals surface area contributed by atoms with Crippen molar-refractivity contribution in [1.82, 2.24) is 9.61 Å². The van der Waals surface area contributed by atoms with Crippen molar-refractivity contribution in [2.45, 2.75) is 24.9 Å². The van der Waals surface area contributed by atoms with Crippen LogP contribution in [0.15, 0.2) is 12.1 Å². The van der Waals surface area contributed by atoms with E-state index in [-0.39, 0.29) is 20.7 Å². The van der Waals surface area contributed by atoms with Crippen molar-refractivity contribution >= 4 is 34.1 Å². The normalized spacial score (nSPS) is 15.8. The minimum Gasteiger partial charge on any atom is -0.476 e. The molecule has 1 fully saturated rings. The first kappa shape index (κ1) is 13.7. The maximum absolute atomic E-state index is 13.1. The number of halogens is 4. The smallest absolute Gasteiger partial charge is 0.433 e. The molecule has 1 aliphatic rings. The number of pyridine rings is 1. The van der Waals surface area contributed by atoms with Crippen molar-refractivity contribution in [1.29, 1.82) is 0 Å². The van der Waals surface area contributed by atoms with Gasteiger partial charge in [0.05, 0.1) is 9.09 Å². The van der Waals surface area contributed by atoms with E-state index in [1.807, 2.05) is 0 Å². The zero-order valence-corrected chi connectivity index (χ0v) is 12.1. The van der Waals surface area contributed by atoms with Gasteiger partial charge in [-0.2, -0.15) is 18.3 Å². The molecule has 0 amide bonds. The second-order valence-corrected chi connectivity index (χ2v) is 5.79. The maximum atomic E-state index is 13.1. The van der Waals surface area contributed by atoms with E-state index in [2.05, 4.69) is 5.10 Å². The van der Waals surface area contributed by atoms with Crippen LogP contribution < -0.4 is 0 Å². The third-order valence-electron chi connectivity index (χ3n) is 3.24. The first-order valence-corrected chi connectivity index (χ1v) is 6.89. The molecule has 1 N–H and O–H groups in total. The highest BCUT2D eigenvalue weighted by atomic mass is 127. The van der Waals surface area contributed by atoms with Gasteiger partial charge >= 0.3 is 12.1 Å².